The van der Waals surface area contributed by atoms with Crippen molar-refractivity contribution in [2.45, 2.75) is 53.1 Å². The first-order chi connectivity index (χ1) is 14.4. The van der Waals surface area contributed by atoms with E-state index in [2.05, 4.69) is 11.4 Å². The Morgan fingerprint density at radius 2 is 1.74 bits per heavy atom. The maximum absolute atomic E-state index is 13.2. The normalized spacial score (nSPS) is 13.4. The van der Waals surface area contributed by atoms with E-state index in [0.29, 0.717) is 0 Å². The van der Waals surface area contributed by atoms with Crippen LogP contribution in [0.2, 0.25) is 0 Å². The lowest BCUT2D eigenvalue weighted by Crippen LogP contribution is -2.49. The minimum absolute atomic E-state index is 0.0775. The van der Waals surface area contributed by atoms with E-state index in [1.165, 1.54) is 18.2 Å². The summed E-state index contributed by atoms with van der Waals surface area (Å²) in [6.45, 7) is 9.53. The van der Waals surface area contributed by atoms with Gasteiger partial charge < -0.3 is 5.32 Å². The molecule has 2 rings (SSSR count). The van der Waals surface area contributed by atoms with Crippen molar-refractivity contribution in [1.82, 2.24) is 5.32 Å². The van der Waals surface area contributed by atoms with E-state index in [9.17, 15) is 23.3 Å². The minimum atomic E-state index is -3.89. The Morgan fingerprint density at radius 3 is 2.29 bits per heavy atom. The van der Waals surface area contributed by atoms with Gasteiger partial charge >= 0.3 is 0 Å². The molecule has 0 aromatic heterocycles. The van der Waals surface area contributed by atoms with Crippen LogP contribution in [0, 0.1) is 30.9 Å². The lowest BCUT2D eigenvalue weighted by molar-refractivity contribution is -0.384. The van der Waals surface area contributed by atoms with Crippen LogP contribution >= 0.6 is 0 Å². The van der Waals surface area contributed by atoms with Gasteiger partial charge in [-0.05, 0) is 62.4 Å². The zero-order chi connectivity index (χ0) is 23.5. The number of benzene rings is 2. The number of non-ortho nitro benzene ring substituents is 1. The van der Waals surface area contributed by atoms with Crippen LogP contribution in [0.25, 0.3) is 0 Å². The smallest absolute Gasteiger partial charge is 0.271 e. The molecule has 2 unspecified atom stereocenters. The summed E-state index contributed by atoms with van der Waals surface area (Å²) in [5.41, 5.74) is 4.06. The van der Waals surface area contributed by atoms with Gasteiger partial charge in [-0.15, -0.1) is 0 Å². The lowest BCUT2D eigenvalue weighted by atomic mass is 9.96. The van der Waals surface area contributed by atoms with Crippen molar-refractivity contribution in [2.24, 2.45) is 0 Å². The highest BCUT2D eigenvalue weighted by Gasteiger charge is 2.33. The van der Waals surface area contributed by atoms with Gasteiger partial charge in [-0.3, -0.25) is 19.2 Å². The standard InChI is InChI=1S/C22H29N3O5S/c1-7-21(22(26)23-17(5)20-12-15(3)14(2)11-16(20)4)24(31(6,29)30)18-9-8-10-19(13-18)25(27)28/h8-13,17,21H,7H2,1-6H3,(H,23,26). The first kappa shape index (κ1) is 24.3. The Bertz CT molecular complexity index is 1100. The van der Waals surface area contributed by atoms with E-state index in [0.717, 1.165) is 38.9 Å². The van der Waals surface area contributed by atoms with E-state index < -0.39 is 26.9 Å². The fourth-order valence-electron chi connectivity index (χ4n) is 3.64. The molecular formula is C22H29N3O5S. The van der Waals surface area contributed by atoms with Crippen LogP contribution < -0.4 is 9.62 Å². The predicted octanol–water partition coefficient (Wildman–Crippen LogP) is 3.94. The number of aryl methyl sites for hydroxylation is 3. The number of nitrogens with one attached hydrogen (secondary N) is 1. The molecule has 1 amide bonds. The van der Waals surface area contributed by atoms with Crippen LogP contribution in [-0.2, 0) is 14.8 Å². The molecule has 31 heavy (non-hydrogen) atoms. The molecule has 2 aromatic rings. The molecule has 2 atom stereocenters. The molecule has 0 saturated carbocycles. The Labute approximate surface area is 183 Å². The number of carbonyl (C=O) groups is 1. The summed E-state index contributed by atoms with van der Waals surface area (Å²) in [6, 6.07) is 7.96. The molecule has 1 N–H and O–H groups in total. The lowest BCUT2D eigenvalue weighted by Gasteiger charge is -2.31. The van der Waals surface area contributed by atoms with E-state index in [1.54, 1.807) is 6.92 Å². The van der Waals surface area contributed by atoms with Gasteiger partial charge in [-0.25, -0.2) is 8.42 Å². The largest absolute Gasteiger partial charge is 0.348 e. The molecule has 0 heterocycles. The number of rotatable bonds is 8. The van der Waals surface area contributed by atoms with Crippen LogP contribution in [0.15, 0.2) is 36.4 Å². The fourth-order valence-corrected chi connectivity index (χ4v) is 4.84. The number of nitro benzene ring substituents is 1. The second kappa shape index (κ2) is 9.47. The Kier molecular flexibility index (Phi) is 7.43. The van der Waals surface area contributed by atoms with Gasteiger partial charge in [-0.2, -0.15) is 0 Å². The van der Waals surface area contributed by atoms with Gasteiger partial charge in [0.15, 0.2) is 0 Å². The zero-order valence-electron chi connectivity index (χ0n) is 18.7. The summed E-state index contributed by atoms with van der Waals surface area (Å²) >= 11 is 0. The molecule has 0 bridgehead atoms. The SMILES string of the molecule is CCC(C(=O)NC(C)c1cc(C)c(C)cc1C)N(c1cccc([N+](=O)[O-])c1)S(C)(=O)=O. The quantitative estimate of drug-likeness (QED) is 0.487. The van der Waals surface area contributed by atoms with E-state index in [4.69, 9.17) is 0 Å². The van der Waals surface area contributed by atoms with Crippen LogP contribution in [-0.4, -0.2) is 31.5 Å². The number of anilines is 1. The van der Waals surface area contributed by atoms with E-state index in [-0.39, 0.29) is 23.8 Å². The number of hydrogen-bond donors (Lipinski definition) is 1. The van der Waals surface area contributed by atoms with Crippen molar-refractivity contribution >= 4 is 27.3 Å². The molecule has 0 aliphatic rings. The third kappa shape index (κ3) is 5.61. The third-order valence-electron chi connectivity index (χ3n) is 5.33. The topological polar surface area (TPSA) is 110 Å². The number of amides is 1. The average Bonchev–Trinajstić information content (AvgIpc) is 2.67. The van der Waals surface area contributed by atoms with Crippen LogP contribution in [0.4, 0.5) is 11.4 Å². The van der Waals surface area contributed by atoms with Crippen molar-refractivity contribution in [3.63, 3.8) is 0 Å². The van der Waals surface area contributed by atoms with Crippen LogP contribution in [0.5, 0.6) is 0 Å². The maximum Gasteiger partial charge on any atom is 0.271 e. The molecule has 0 fully saturated rings. The molecule has 8 nitrogen and oxygen atoms in total. The van der Waals surface area contributed by atoms with Crippen molar-refractivity contribution in [3.8, 4) is 0 Å². The number of sulfonamides is 1. The van der Waals surface area contributed by atoms with Crippen LogP contribution in [0.1, 0.15) is 48.6 Å². The van der Waals surface area contributed by atoms with Gasteiger partial charge in [0, 0.05) is 12.1 Å². The fraction of sp³-hybridized carbons (Fsp3) is 0.409. The van der Waals surface area contributed by atoms with Crippen LogP contribution in [0.3, 0.4) is 0 Å². The number of nitrogens with zero attached hydrogens (tertiary/aromatic N) is 2. The number of nitro groups is 1. The Balaban J connectivity index is 2.40. The third-order valence-corrected chi connectivity index (χ3v) is 6.51. The Morgan fingerprint density at radius 1 is 1.13 bits per heavy atom. The van der Waals surface area contributed by atoms with Gasteiger partial charge in [0.25, 0.3) is 5.69 Å². The number of carbonyl (C=O) groups excluding carboxylic acids is 1. The Hall–Kier alpha value is -2.94. The molecule has 2 aromatic carbocycles. The highest BCUT2D eigenvalue weighted by Crippen LogP contribution is 2.27. The summed E-state index contributed by atoms with van der Waals surface area (Å²) in [5, 5.41) is 14.1. The summed E-state index contributed by atoms with van der Waals surface area (Å²) in [4.78, 5) is 23.7. The van der Waals surface area contributed by atoms with Gasteiger partial charge in [0.2, 0.25) is 15.9 Å². The van der Waals surface area contributed by atoms with Gasteiger partial charge in [-0.1, -0.05) is 25.1 Å². The summed E-state index contributed by atoms with van der Waals surface area (Å²) in [7, 11) is -3.89. The molecular weight excluding hydrogens is 418 g/mol. The molecule has 0 aliphatic carbocycles. The summed E-state index contributed by atoms with van der Waals surface area (Å²) in [6.07, 6.45) is 1.18. The molecule has 0 spiro atoms. The number of hydrogen-bond acceptors (Lipinski definition) is 5. The molecule has 168 valence electrons. The first-order valence-corrected chi connectivity index (χ1v) is 11.8. The van der Waals surface area contributed by atoms with Gasteiger partial charge in [0.1, 0.15) is 6.04 Å². The van der Waals surface area contributed by atoms with Crippen molar-refractivity contribution in [3.05, 3.63) is 68.8 Å². The highest BCUT2D eigenvalue weighted by molar-refractivity contribution is 7.92. The van der Waals surface area contributed by atoms with Gasteiger partial charge in [0.05, 0.1) is 22.9 Å². The minimum Gasteiger partial charge on any atom is -0.348 e. The second-order valence-corrected chi connectivity index (χ2v) is 9.64. The van der Waals surface area contributed by atoms with E-state index >= 15 is 0 Å². The van der Waals surface area contributed by atoms with Crippen molar-refractivity contribution < 1.29 is 18.1 Å². The van der Waals surface area contributed by atoms with Crippen molar-refractivity contribution in [2.75, 3.05) is 10.6 Å². The zero-order valence-corrected chi connectivity index (χ0v) is 19.5. The molecule has 0 radical (unpaired) electrons. The molecule has 0 saturated heterocycles. The summed E-state index contributed by atoms with van der Waals surface area (Å²) < 4.78 is 26.1. The van der Waals surface area contributed by atoms with E-state index in [1.807, 2.05) is 33.8 Å². The molecule has 9 heteroatoms. The predicted molar refractivity (Wildman–Crippen MR) is 122 cm³/mol. The second-order valence-electron chi connectivity index (χ2n) is 7.78. The first-order valence-electron chi connectivity index (χ1n) is 9.98. The summed E-state index contributed by atoms with van der Waals surface area (Å²) in [5.74, 6) is -0.468. The monoisotopic (exact) mass is 447 g/mol. The average molecular weight is 448 g/mol. The highest BCUT2D eigenvalue weighted by atomic mass is 32.2. The molecule has 0 aliphatic heterocycles. The van der Waals surface area contributed by atoms with Crippen molar-refractivity contribution in [1.29, 1.82) is 0 Å². The maximum atomic E-state index is 13.2.